The summed E-state index contributed by atoms with van der Waals surface area (Å²) in [4.78, 5) is 15.5. The van der Waals surface area contributed by atoms with Crippen molar-refractivity contribution in [2.24, 2.45) is 4.99 Å². The van der Waals surface area contributed by atoms with Gasteiger partial charge in [-0.3, -0.25) is 9.98 Å². The van der Waals surface area contributed by atoms with E-state index in [1.807, 2.05) is 32.2 Å². The number of aryl methyl sites for hydroxylation is 1. The molecule has 0 amide bonds. The molecule has 0 radical (unpaired) electrons. The highest BCUT2D eigenvalue weighted by Crippen LogP contribution is 2.26. The van der Waals surface area contributed by atoms with Crippen molar-refractivity contribution in [3.63, 3.8) is 0 Å². The zero-order valence-electron chi connectivity index (χ0n) is 16.8. The molecular formula is C20H27ClN6O. The van der Waals surface area contributed by atoms with Crippen LogP contribution in [-0.4, -0.2) is 49.2 Å². The van der Waals surface area contributed by atoms with Gasteiger partial charge < -0.3 is 20.3 Å². The quantitative estimate of drug-likeness (QED) is 0.591. The minimum atomic E-state index is 0.269. The van der Waals surface area contributed by atoms with Crippen LogP contribution in [-0.2, 0) is 6.54 Å². The summed E-state index contributed by atoms with van der Waals surface area (Å²) in [6.45, 7) is 6.33. The SMILES string of the molecule is CN=C(NCc1ncc(C)c(OC)c1C)NC1CCN(c2ncccc2Cl)C1. The van der Waals surface area contributed by atoms with E-state index in [1.165, 1.54) is 0 Å². The van der Waals surface area contributed by atoms with Gasteiger partial charge in [-0.2, -0.15) is 0 Å². The van der Waals surface area contributed by atoms with Crippen molar-refractivity contribution in [1.82, 2.24) is 20.6 Å². The molecule has 1 atom stereocenters. The second-order valence-electron chi connectivity index (χ2n) is 6.86. The molecule has 2 N–H and O–H groups in total. The lowest BCUT2D eigenvalue weighted by atomic mass is 10.1. The first-order chi connectivity index (χ1) is 13.5. The van der Waals surface area contributed by atoms with Crippen LogP contribution in [0.4, 0.5) is 5.82 Å². The van der Waals surface area contributed by atoms with E-state index in [4.69, 9.17) is 16.3 Å². The third kappa shape index (κ3) is 4.47. The number of hydrogen-bond donors (Lipinski definition) is 2. The van der Waals surface area contributed by atoms with Gasteiger partial charge in [0.2, 0.25) is 0 Å². The Kier molecular flexibility index (Phi) is 6.57. The van der Waals surface area contributed by atoms with Crippen LogP contribution in [0.2, 0.25) is 5.02 Å². The van der Waals surface area contributed by atoms with Gasteiger partial charge >= 0.3 is 0 Å². The summed E-state index contributed by atoms with van der Waals surface area (Å²) in [6, 6.07) is 3.99. The standard InChI is InChI=1S/C20H27ClN6O/c1-13-10-24-17(14(2)18(13)28-4)11-25-20(22-3)26-15-7-9-27(12-15)19-16(21)6-5-8-23-19/h5-6,8,10,15H,7,9,11-12H2,1-4H3,(H2,22,25,26). The number of anilines is 1. The summed E-state index contributed by atoms with van der Waals surface area (Å²) >= 11 is 6.28. The predicted octanol–water partition coefficient (Wildman–Crippen LogP) is 2.70. The number of guanidine groups is 1. The van der Waals surface area contributed by atoms with Crippen LogP contribution >= 0.6 is 11.6 Å². The predicted molar refractivity (Wildman–Crippen MR) is 113 cm³/mol. The Morgan fingerprint density at radius 3 is 2.93 bits per heavy atom. The fraction of sp³-hybridized carbons (Fsp3) is 0.450. The molecule has 150 valence electrons. The van der Waals surface area contributed by atoms with E-state index in [0.717, 1.165) is 53.9 Å². The fourth-order valence-corrected chi connectivity index (χ4v) is 3.73. The number of pyridine rings is 2. The lowest BCUT2D eigenvalue weighted by Gasteiger charge is -2.20. The van der Waals surface area contributed by atoms with E-state index in [-0.39, 0.29) is 6.04 Å². The molecule has 0 bridgehead atoms. The van der Waals surface area contributed by atoms with E-state index in [2.05, 4.69) is 30.5 Å². The van der Waals surface area contributed by atoms with Crippen molar-refractivity contribution >= 4 is 23.4 Å². The molecule has 0 saturated carbocycles. The minimum Gasteiger partial charge on any atom is -0.496 e. The normalized spacial score (nSPS) is 17.0. The molecule has 2 aromatic rings. The van der Waals surface area contributed by atoms with E-state index in [0.29, 0.717) is 11.6 Å². The van der Waals surface area contributed by atoms with Crippen LogP contribution in [0.3, 0.4) is 0 Å². The smallest absolute Gasteiger partial charge is 0.191 e. The topological polar surface area (TPSA) is 74.7 Å². The Bertz CT molecular complexity index is 857. The number of halogens is 1. The third-order valence-electron chi connectivity index (χ3n) is 4.96. The highest BCUT2D eigenvalue weighted by molar-refractivity contribution is 6.32. The van der Waals surface area contributed by atoms with Crippen molar-refractivity contribution in [3.8, 4) is 5.75 Å². The number of aliphatic imine (C=N–C) groups is 1. The summed E-state index contributed by atoms with van der Waals surface area (Å²) in [5, 5.41) is 7.51. The summed E-state index contributed by atoms with van der Waals surface area (Å²) in [5.41, 5.74) is 3.02. The zero-order chi connectivity index (χ0) is 20.1. The molecule has 1 fully saturated rings. The van der Waals surface area contributed by atoms with Crippen LogP contribution < -0.4 is 20.3 Å². The second kappa shape index (κ2) is 9.10. The monoisotopic (exact) mass is 402 g/mol. The second-order valence-corrected chi connectivity index (χ2v) is 7.26. The van der Waals surface area contributed by atoms with Crippen LogP contribution in [0, 0.1) is 13.8 Å². The molecule has 28 heavy (non-hydrogen) atoms. The zero-order valence-corrected chi connectivity index (χ0v) is 17.5. The molecule has 1 aliphatic rings. The highest BCUT2D eigenvalue weighted by Gasteiger charge is 2.25. The van der Waals surface area contributed by atoms with Gasteiger partial charge in [-0.25, -0.2) is 4.98 Å². The molecule has 1 unspecified atom stereocenters. The number of nitrogens with zero attached hydrogens (tertiary/aromatic N) is 4. The van der Waals surface area contributed by atoms with Gasteiger partial charge in [-0.05, 0) is 32.4 Å². The summed E-state index contributed by atoms with van der Waals surface area (Å²) in [5.74, 6) is 2.47. The molecule has 1 aliphatic heterocycles. The van der Waals surface area contributed by atoms with Gasteiger partial charge in [-0.15, -0.1) is 0 Å². The fourth-order valence-electron chi connectivity index (χ4n) is 3.49. The summed E-state index contributed by atoms with van der Waals surface area (Å²) in [6.07, 6.45) is 4.60. The maximum Gasteiger partial charge on any atom is 0.191 e. The van der Waals surface area contributed by atoms with Crippen LogP contribution in [0.1, 0.15) is 23.2 Å². The average Bonchev–Trinajstić information content (AvgIpc) is 3.15. The Hall–Kier alpha value is -2.54. The van der Waals surface area contributed by atoms with E-state index in [1.54, 1.807) is 20.4 Å². The Balaban J connectivity index is 1.58. The van der Waals surface area contributed by atoms with Gasteiger partial charge in [-0.1, -0.05) is 11.6 Å². The average molecular weight is 403 g/mol. The van der Waals surface area contributed by atoms with Crippen molar-refractivity contribution in [3.05, 3.63) is 46.4 Å². The lowest BCUT2D eigenvalue weighted by molar-refractivity contribution is 0.406. The molecule has 2 aromatic heterocycles. The number of aromatic nitrogens is 2. The molecule has 3 heterocycles. The number of rotatable bonds is 5. The van der Waals surface area contributed by atoms with Crippen molar-refractivity contribution < 1.29 is 4.74 Å². The van der Waals surface area contributed by atoms with Crippen LogP contribution in [0.25, 0.3) is 0 Å². The summed E-state index contributed by atoms with van der Waals surface area (Å²) < 4.78 is 5.48. The molecular weight excluding hydrogens is 376 g/mol. The largest absolute Gasteiger partial charge is 0.496 e. The van der Waals surface area contributed by atoms with Gasteiger partial charge in [0.25, 0.3) is 0 Å². The third-order valence-corrected chi connectivity index (χ3v) is 5.26. The molecule has 3 rings (SSSR count). The maximum absolute atomic E-state index is 6.28. The maximum atomic E-state index is 6.28. The molecule has 0 spiro atoms. The van der Waals surface area contributed by atoms with Crippen LogP contribution in [0.5, 0.6) is 5.75 Å². The van der Waals surface area contributed by atoms with Crippen molar-refractivity contribution in [2.75, 3.05) is 32.1 Å². The first-order valence-electron chi connectivity index (χ1n) is 9.35. The van der Waals surface area contributed by atoms with Gasteiger partial charge in [0.15, 0.2) is 5.96 Å². The summed E-state index contributed by atoms with van der Waals surface area (Å²) in [7, 11) is 3.46. The van der Waals surface area contributed by atoms with Crippen LogP contribution in [0.15, 0.2) is 29.5 Å². The number of hydrogen-bond acceptors (Lipinski definition) is 5. The molecule has 0 aliphatic carbocycles. The molecule has 1 saturated heterocycles. The molecule has 7 nitrogen and oxygen atoms in total. The van der Waals surface area contributed by atoms with Gasteiger partial charge in [0, 0.05) is 49.7 Å². The first-order valence-corrected chi connectivity index (χ1v) is 9.73. The van der Waals surface area contributed by atoms with Crippen molar-refractivity contribution in [1.29, 1.82) is 0 Å². The number of methoxy groups -OCH3 is 1. The number of ether oxygens (including phenoxy) is 1. The van der Waals surface area contributed by atoms with E-state index < -0.39 is 0 Å². The Morgan fingerprint density at radius 2 is 2.21 bits per heavy atom. The van der Waals surface area contributed by atoms with E-state index >= 15 is 0 Å². The first kappa shape index (κ1) is 20.2. The Labute approximate surface area is 171 Å². The van der Waals surface area contributed by atoms with Gasteiger partial charge in [0.1, 0.15) is 11.6 Å². The minimum absolute atomic E-state index is 0.269. The molecule has 0 aromatic carbocycles. The molecule has 8 heteroatoms. The number of nitrogens with one attached hydrogen (secondary N) is 2. The van der Waals surface area contributed by atoms with Crippen molar-refractivity contribution in [2.45, 2.75) is 32.9 Å². The highest BCUT2D eigenvalue weighted by atomic mass is 35.5. The van der Waals surface area contributed by atoms with Gasteiger partial charge in [0.05, 0.1) is 24.4 Å². The van der Waals surface area contributed by atoms with E-state index in [9.17, 15) is 0 Å². The lowest BCUT2D eigenvalue weighted by Crippen LogP contribution is -2.44. The Morgan fingerprint density at radius 1 is 1.39 bits per heavy atom.